The number of unbranched alkanes of at least 4 members (excludes halogenated alkanes) is 30. The second kappa shape index (κ2) is 41.4. The largest absolute Gasteiger partial charge is 0.320 e. The van der Waals surface area contributed by atoms with Crippen molar-refractivity contribution in [1.29, 1.82) is 0 Å². The van der Waals surface area contributed by atoms with Gasteiger partial charge in [0.15, 0.2) is 0 Å². The van der Waals surface area contributed by atoms with Crippen LogP contribution in [0.4, 0.5) is 0 Å². The van der Waals surface area contributed by atoms with Gasteiger partial charge in [-0.15, -0.1) is 0 Å². The van der Waals surface area contributed by atoms with E-state index in [-0.39, 0.29) is 0 Å². The number of hydrogen-bond acceptors (Lipinski definition) is 1. The van der Waals surface area contributed by atoms with Crippen LogP contribution in [0.25, 0.3) is 0 Å². The number of rotatable bonds is 32. The van der Waals surface area contributed by atoms with Crippen molar-refractivity contribution in [2.75, 3.05) is 13.6 Å². The summed E-state index contributed by atoms with van der Waals surface area (Å²) in [5.74, 6) is 0. The molecule has 0 aliphatic heterocycles. The summed E-state index contributed by atoms with van der Waals surface area (Å²) in [5.41, 5.74) is 0. The molecular weight excluding hydrogens is 458 g/mol. The monoisotopic (exact) mass is 538 g/mol. The van der Waals surface area contributed by atoms with Crippen molar-refractivity contribution in [1.82, 2.24) is 5.32 Å². The van der Waals surface area contributed by atoms with Crippen LogP contribution >= 0.6 is 0 Å². The summed E-state index contributed by atoms with van der Waals surface area (Å²) in [5, 5.41) is 3.22. The van der Waals surface area contributed by atoms with Crippen LogP contribution in [0.15, 0.2) is 0 Å². The summed E-state index contributed by atoms with van der Waals surface area (Å²) in [6.07, 6.45) is 46.7. The van der Waals surface area contributed by atoms with E-state index in [0.717, 1.165) is 0 Å². The zero-order valence-electron chi connectivity index (χ0n) is 27.8. The third-order valence-corrected chi connectivity index (χ3v) is 8.24. The molecule has 0 aromatic heterocycles. The van der Waals surface area contributed by atoms with Crippen LogP contribution in [0.1, 0.15) is 226 Å². The molecule has 0 aromatic carbocycles. The van der Waals surface area contributed by atoms with Crippen molar-refractivity contribution in [2.24, 2.45) is 0 Å². The van der Waals surface area contributed by atoms with Crippen molar-refractivity contribution in [2.45, 2.75) is 226 Å². The Kier molecular flexibility index (Phi) is 43.7. The first kappa shape index (κ1) is 40.1. The predicted molar refractivity (Wildman–Crippen MR) is 179 cm³/mol. The molecule has 0 saturated carbocycles. The molecule has 0 aromatic rings. The van der Waals surface area contributed by atoms with E-state index in [1.807, 2.05) is 7.05 Å². The lowest BCUT2D eigenvalue weighted by Crippen LogP contribution is -2.06. The van der Waals surface area contributed by atoms with E-state index in [4.69, 9.17) is 0 Å². The van der Waals surface area contributed by atoms with E-state index in [2.05, 4.69) is 26.1 Å². The smallest absolute Gasteiger partial charge is 0.00519 e. The maximum Gasteiger partial charge on any atom is -0.00519 e. The van der Waals surface area contributed by atoms with Gasteiger partial charge in [-0.1, -0.05) is 220 Å². The predicted octanol–water partition coefficient (Wildman–Crippen LogP) is 13.7. The highest BCUT2D eigenvalue weighted by atomic mass is 14.8. The highest BCUT2D eigenvalue weighted by Gasteiger charge is 1.95. The molecular formula is C37H79N. The summed E-state index contributed by atoms with van der Waals surface area (Å²) in [6.45, 7) is 8.07. The Morgan fingerprint density at radius 1 is 0.237 bits per heavy atom. The fraction of sp³-hybridized carbons (Fsp3) is 1.00. The quantitative estimate of drug-likeness (QED) is 0.0841. The van der Waals surface area contributed by atoms with Gasteiger partial charge in [-0.25, -0.2) is 0 Å². The topological polar surface area (TPSA) is 12.0 Å². The first-order valence-electron chi connectivity index (χ1n) is 18.5. The van der Waals surface area contributed by atoms with Crippen molar-refractivity contribution in [3.05, 3.63) is 0 Å². The van der Waals surface area contributed by atoms with Gasteiger partial charge >= 0.3 is 0 Å². The molecule has 232 valence electrons. The van der Waals surface area contributed by atoms with Crippen molar-refractivity contribution < 1.29 is 0 Å². The van der Waals surface area contributed by atoms with E-state index < -0.39 is 0 Å². The van der Waals surface area contributed by atoms with Gasteiger partial charge in [-0.3, -0.25) is 0 Å². The Hall–Kier alpha value is -0.0400. The maximum atomic E-state index is 3.22. The molecule has 0 aliphatic rings. The summed E-state index contributed by atoms with van der Waals surface area (Å²) in [4.78, 5) is 0. The van der Waals surface area contributed by atoms with Crippen LogP contribution in [-0.2, 0) is 0 Å². The highest BCUT2D eigenvalue weighted by Crippen LogP contribution is 2.15. The van der Waals surface area contributed by atoms with Gasteiger partial charge in [0.1, 0.15) is 0 Å². The summed E-state index contributed by atoms with van der Waals surface area (Å²) < 4.78 is 0. The van der Waals surface area contributed by atoms with Crippen LogP contribution < -0.4 is 5.32 Å². The Bertz CT molecular complexity index is 319. The van der Waals surface area contributed by atoms with Gasteiger partial charge < -0.3 is 5.32 Å². The van der Waals surface area contributed by atoms with Crippen LogP contribution in [0.5, 0.6) is 0 Å². The molecule has 0 heterocycles. The Morgan fingerprint density at radius 3 is 0.553 bits per heavy atom. The Morgan fingerprint density at radius 2 is 0.395 bits per heavy atom. The maximum absolute atomic E-state index is 3.22. The number of nitrogens with one attached hydrogen (secondary N) is 1. The lowest BCUT2D eigenvalue weighted by molar-refractivity contribution is 0.528. The molecule has 0 spiro atoms. The van der Waals surface area contributed by atoms with Gasteiger partial charge in [0.05, 0.1) is 0 Å². The first-order chi connectivity index (χ1) is 18.8. The van der Waals surface area contributed by atoms with Gasteiger partial charge in [0.2, 0.25) is 0 Å². The standard InChI is InChI=1S/C19H41N.C18H38/c1-3-4-5-6-7-8-9-10-11-12-13-14-15-16-17-18-19-20-2;1-3-5-7-9-11-13-15-17-18-16-14-12-10-8-6-4-2/h20H,3-19H2,1-2H3;3-18H2,1-2H3. The van der Waals surface area contributed by atoms with Gasteiger partial charge in [-0.05, 0) is 20.0 Å². The van der Waals surface area contributed by atoms with Crippen molar-refractivity contribution >= 4 is 0 Å². The Balaban J connectivity index is 0. The third-order valence-electron chi connectivity index (χ3n) is 8.24. The average molecular weight is 538 g/mol. The van der Waals surface area contributed by atoms with Crippen LogP contribution in [0, 0.1) is 0 Å². The zero-order valence-corrected chi connectivity index (χ0v) is 27.8. The van der Waals surface area contributed by atoms with E-state index in [1.165, 1.54) is 212 Å². The second-order valence-corrected chi connectivity index (χ2v) is 12.4. The van der Waals surface area contributed by atoms with E-state index in [9.17, 15) is 0 Å². The molecule has 0 fully saturated rings. The molecule has 38 heavy (non-hydrogen) atoms. The van der Waals surface area contributed by atoms with Crippen LogP contribution in [0.2, 0.25) is 0 Å². The van der Waals surface area contributed by atoms with Gasteiger partial charge in [-0.2, -0.15) is 0 Å². The SMILES string of the molecule is CCCCCCCCCCCCCCCCCC.CCCCCCCCCCCCCCCCCCNC. The molecule has 0 saturated heterocycles. The molecule has 0 unspecified atom stereocenters. The molecule has 0 radical (unpaired) electrons. The van der Waals surface area contributed by atoms with Crippen molar-refractivity contribution in [3.63, 3.8) is 0 Å². The Labute approximate surface area is 244 Å². The molecule has 0 atom stereocenters. The molecule has 0 aliphatic carbocycles. The van der Waals surface area contributed by atoms with Crippen molar-refractivity contribution in [3.8, 4) is 0 Å². The van der Waals surface area contributed by atoms with Gasteiger partial charge in [0.25, 0.3) is 0 Å². The fourth-order valence-electron chi connectivity index (χ4n) is 5.47. The van der Waals surface area contributed by atoms with E-state index >= 15 is 0 Å². The lowest BCUT2D eigenvalue weighted by Gasteiger charge is -2.03. The summed E-state index contributed by atoms with van der Waals surface area (Å²) >= 11 is 0. The first-order valence-corrected chi connectivity index (χ1v) is 18.5. The fourth-order valence-corrected chi connectivity index (χ4v) is 5.47. The lowest BCUT2D eigenvalue weighted by atomic mass is 10.0. The van der Waals surface area contributed by atoms with Gasteiger partial charge in [0, 0.05) is 0 Å². The summed E-state index contributed by atoms with van der Waals surface area (Å²) in [6, 6.07) is 0. The molecule has 1 heteroatoms. The zero-order chi connectivity index (χ0) is 28.0. The molecule has 0 rings (SSSR count). The second-order valence-electron chi connectivity index (χ2n) is 12.4. The minimum absolute atomic E-state index is 1.19. The molecule has 0 amide bonds. The normalized spacial score (nSPS) is 11.1. The summed E-state index contributed by atoms with van der Waals surface area (Å²) in [7, 11) is 2.05. The average Bonchev–Trinajstić information content (AvgIpc) is 2.93. The van der Waals surface area contributed by atoms with E-state index in [0.29, 0.717) is 0 Å². The van der Waals surface area contributed by atoms with Crippen LogP contribution in [-0.4, -0.2) is 13.6 Å². The highest BCUT2D eigenvalue weighted by molar-refractivity contribution is 4.51. The minimum atomic E-state index is 1.19. The number of hydrogen-bond donors (Lipinski definition) is 1. The van der Waals surface area contributed by atoms with E-state index in [1.54, 1.807) is 0 Å². The third kappa shape index (κ3) is 43.0. The minimum Gasteiger partial charge on any atom is -0.320 e. The molecule has 1 nitrogen and oxygen atoms in total. The molecule has 1 N–H and O–H groups in total. The molecule has 0 bridgehead atoms. The van der Waals surface area contributed by atoms with Crippen LogP contribution in [0.3, 0.4) is 0 Å².